The SMILES string of the molecule is CSCCC(O)C(=O)OCCCC(C)C. The maximum absolute atomic E-state index is 11.2. The molecule has 0 aromatic rings. The van der Waals surface area contributed by atoms with E-state index >= 15 is 0 Å². The van der Waals surface area contributed by atoms with Crippen LogP contribution < -0.4 is 0 Å². The van der Waals surface area contributed by atoms with Crippen molar-refractivity contribution in [3.8, 4) is 0 Å². The van der Waals surface area contributed by atoms with E-state index in [1.807, 2.05) is 6.26 Å². The lowest BCUT2D eigenvalue weighted by Gasteiger charge is -2.10. The van der Waals surface area contributed by atoms with Crippen molar-refractivity contribution >= 4 is 17.7 Å². The molecule has 0 saturated heterocycles. The third-order valence-corrected chi connectivity index (χ3v) is 2.68. The number of aliphatic hydroxyl groups excluding tert-OH is 1. The first-order valence-corrected chi connectivity index (χ1v) is 6.81. The minimum Gasteiger partial charge on any atom is -0.464 e. The third kappa shape index (κ3) is 8.75. The summed E-state index contributed by atoms with van der Waals surface area (Å²) in [6.07, 6.45) is 3.40. The van der Waals surface area contributed by atoms with Crippen LogP contribution >= 0.6 is 11.8 Å². The highest BCUT2D eigenvalue weighted by molar-refractivity contribution is 7.98. The monoisotopic (exact) mass is 234 g/mol. The van der Waals surface area contributed by atoms with E-state index in [-0.39, 0.29) is 0 Å². The van der Waals surface area contributed by atoms with Crippen molar-refractivity contribution in [1.29, 1.82) is 0 Å². The van der Waals surface area contributed by atoms with Crippen LogP contribution in [0.4, 0.5) is 0 Å². The molecule has 4 heteroatoms. The van der Waals surface area contributed by atoms with E-state index in [9.17, 15) is 9.90 Å². The van der Waals surface area contributed by atoms with Gasteiger partial charge in [-0.25, -0.2) is 4.79 Å². The minimum atomic E-state index is -0.948. The van der Waals surface area contributed by atoms with Gasteiger partial charge in [-0.2, -0.15) is 11.8 Å². The Morgan fingerprint density at radius 2 is 2.07 bits per heavy atom. The van der Waals surface area contributed by atoms with Gasteiger partial charge in [-0.05, 0) is 37.2 Å². The third-order valence-electron chi connectivity index (χ3n) is 2.04. The summed E-state index contributed by atoms with van der Waals surface area (Å²) in [5.74, 6) is 0.931. The lowest BCUT2D eigenvalue weighted by molar-refractivity contribution is -0.153. The molecule has 0 fully saturated rings. The molecule has 3 nitrogen and oxygen atoms in total. The van der Waals surface area contributed by atoms with Crippen molar-refractivity contribution in [3.63, 3.8) is 0 Å². The van der Waals surface area contributed by atoms with Crippen molar-refractivity contribution in [2.45, 2.75) is 39.2 Å². The van der Waals surface area contributed by atoms with Crippen LogP contribution in [0.15, 0.2) is 0 Å². The van der Waals surface area contributed by atoms with Crippen molar-refractivity contribution in [1.82, 2.24) is 0 Å². The van der Waals surface area contributed by atoms with Gasteiger partial charge in [0.1, 0.15) is 0 Å². The zero-order chi connectivity index (χ0) is 11.7. The van der Waals surface area contributed by atoms with Crippen LogP contribution in [0.25, 0.3) is 0 Å². The highest BCUT2D eigenvalue weighted by atomic mass is 32.2. The molecule has 0 rings (SSSR count). The molecule has 1 N–H and O–H groups in total. The van der Waals surface area contributed by atoms with Crippen molar-refractivity contribution < 1.29 is 14.6 Å². The van der Waals surface area contributed by atoms with E-state index in [4.69, 9.17) is 4.74 Å². The molecule has 15 heavy (non-hydrogen) atoms. The molecule has 1 unspecified atom stereocenters. The predicted molar refractivity (Wildman–Crippen MR) is 64.0 cm³/mol. The first-order valence-electron chi connectivity index (χ1n) is 5.41. The van der Waals surface area contributed by atoms with Gasteiger partial charge in [0.25, 0.3) is 0 Å². The van der Waals surface area contributed by atoms with Crippen LogP contribution in [0.1, 0.15) is 33.1 Å². The number of aliphatic hydroxyl groups is 1. The quantitative estimate of drug-likeness (QED) is 0.516. The summed E-state index contributed by atoms with van der Waals surface area (Å²) in [4.78, 5) is 11.2. The molecule has 0 aromatic heterocycles. The van der Waals surface area contributed by atoms with Gasteiger partial charge in [0.2, 0.25) is 0 Å². The van der Waals surface area contributed by atoms with Gasteiger partial charge in [-0.3, -0.25) is 0 Å². The van der Waals surface area contributed by atoms with Gasteiger partial charge in [0.05, 0.1) is 6.61 Å². The predicted octanol–water partition coefficient (Wildman–Crippen LogP) is 2.08. The van der Waals surface area contributed by atoms with Gasteiger partial charge >= 0.3 is 5.97 Å². The van der Waals surface area contributed by atoms with E-state index in [0.29, 0.717) is 18.9 Å². The smallest absolute Gasteiger partial charge is 0.334 e. The molecule has 0 aliphatic rings. The van der Waals surface area contributed by atoms with E-state index in [1.165, 1.54) is 0 Å². The average molecular weight is 234 g/mol. The summed E-state index contributed by atoms with van der Waals surface area (Å²) in [7, 11) is 0. The molecule has 0 aromatic carbocycles. The first kappa shape index (κ1) is 14.8. The fourth-order valence-electron chi connectivity index (χ4n) is 1.11. The lowest BCUT2D eigenvalue weighted by atomic mass is 10.1. The molecule has 90 valence electrons. The van der Waals surface area contributed by atoms with Crippen LogP contribution in [0, 0.1) is 5.92 Å². The van der Waals surface area contributed by atoms with Crippen molar-refractivity contribution in [3.05, 3.63) is 0 Å². The largest absolute Gasteiger partial charge is 0.464 e. The summed E-state index contributed by atoms with van der Waals surface area (Å²) >= 11 is 1.61. The Labute approximate surface area is 96.6 Å². The van der Waals surface area contributed by atoms with Gasteiger partial charge in [0.15, 0.2) is 6.10 Å². The number of hydrogen-bond acceptors (Lipinski definition) is 4. The number of carbonyl (C=O) groups is 1. The van der Waals surface area contributed by atoms with Crippen LogP contribution in [0.3, 0.4) is 0 Å². The maximum Gasteiger partial charge on any atom is 0.334 e. The summed E-state index contributed by atoms with van der Waals surface area (Å²) < 4.78 is 4.95. The Morgan fingerprint density at radius 1 is 1.40 bits per heavy atom. The standard InChI is InChI=1S/C11H22O3S/c1-9(2)5-4-7-14-11(13)10(12)6-8-15-3/h9-10,12H,4-8H2,1-3H3. The summed E-state index contributed by atoms with van der Waals surface area (Å²) in [5, 5.41) is 9.37. The summed E-state index contributed by atoms with van der Waals surface area (Å²) in [6.45, 7) is 4.69. The second kappa shape index (κ2) is 9.04. The fraction of sp³-hybridized carbons (Fsp3) is 0.909. The maximum atomic E-state index is 11.2. The molecule has 0 radical (unpaired) electrons. The van der Waals surface area contributed by atoms with Crippen molar-refractivity contribution in [2.75, 3.05) is 18.6 Å². The highest BCUT2D eigenvalue weighted by Gasteiger charge is 2.15. The van der Waals surface area contributed by atoms with Crippen LogP contribution in [0.5, 0.6) is 0 Å². The van der Waals surface area contributed by atoms with Gasteiger partial charge in [-0.1, -0.05) is 13.8 Å². The molecule has 1 atom stereocenters. The Balaban J connectivity index is 3.47. The second-order valence-electron chi connectivity index (χ2n) is 4.00. The van der Waals surface area contributed by atoms with Gasteiger partial charge in [-0.15, -0.1) is 0 Å². The van der Waals surface area contributed by atoms with Crippen LogP contribution in [-0.4, -0.2) is 35.8 Å². The van der Waals surface area contributed by atoms with Crippen molar-refractivity contribution in [2.24, 2.45) is 5.92 Å². The number of hydrogen-bond donors (Lipinski definition) is 1. The Kier molecular flexibility index (Phi) is 8.91. The second-order valence-corrected chi connectivity index (χ2v) is 4.99. The van der Waals surface area contributed by atoms with E-state index < -0.39 is 12.1 Å². The van der Waals surface area contributed by atoms with Crippen LogP contribution in [0.2, 0.25) is 0 Å². The number of esters is 1. The normalized spacial score (nSPS) is 12.9. The first-order chi connectivity index (χ1) is 7.07. The molecule has 0 aliphatic carbocycles. The molecule has 0 bridgehead atoms. The summed E-state index contributed by atoms with van der Waals surface area (Å²) in [6, 6.07) is 0. The highest BCUT2D eigenvalue weighted by Crippen LogP contribution is 2.05. The molecule has 0 saturated carbocycles. The van der Waals surface area contributed by atoms with Gasteiger partial charge < -0.3 is 9.84 Å². The number of carbonyl (C=O) groups excluding carboxylic acids is 1. The Hall–Kier alpha value is -0.220. The number of rotatable bonds is 8. The number of thioether (sulfide) groups is 1. The molecular formula is C11H22O3S. The topological polar surface area (TPSA) is 46.5 Å². The Bertz CT molecular complexity index is 171. The molecular weight excluding hydrogens is 212 g/mol. The molecule has 0 heterocycles. The average Bonchev–Trinajstić information content (AvgIpc) is 2.20. The van der Waals surface area contributed by atoms with E-state index in [0.717, 1.165) is 18.6 Å². The molecule has 0 amide bonds. The van der Waals surface area contributed by atoms with E-state index in [1.54, 1.807) is 11.8 Å². The van der Waals surface area contributed by atoms with Gasteiger partial charge in [0, 0.05) is 0 Å². The van der Waals surface area contributed by atoms with Crippen LogP contribution in [-0.2, 0) is 9.53 Å². The lowest BCUT2D eigenvalue weighted by Crippen LogP contribution is -2.24. The number of ether oxygens (including phenoxy) is 1. The molecule has 0 aliphatic heterocycles. The zero-order valence-electron chi connectivity index (χ0n) is 9.86. The molecule has 0 spiro atoms. The zero-order valence-corrected chi connectivity index (χ0v) is 10.7. The fourth-order valence-corrected chi connectivity index (χ4v) is 1.57. The Morgan fingerprint density at radius 3 is 2.60 bits per heavy atom. The minimum absolute atomic E-state index is 0.424. The summed E-state index contributed by atoms with van der Waals surface area (Å²) in [5.41, 5.74) is 0. The van der Waals surface area contributed by atoms with E-state index in [2.05, 4.69) is 13.8 Å².